The highest BCUT2D eigenvalue weighted by atomic mass is 35.5. The predicted molar refractivity (Wildman–Crippen MR) is 65.2 cm³/mol. The lowest BCUT2D eigenvalue weighted by molar-refractivity contribution is 0.0949. The van der Waals surface area contributed by atoms with Gasteiger partial charge in [0.25, 0.3) is 5.91 Å². The smallest absolute Gasteiger partial charge is 0.254 e. The Morgan fingerprint density at radius 3 is 2.82 bits per heavy atom. The summed E-state index contributed by atoms with van der Waals surface area (Å²) in [5.41, 5.74) is 0.00743. The third kappa shape index (κ3) is 4.23. The molecule has 0 saturated carbocycles. The molecule has 0 radical (unpaired) electrons. The summed E-state index contributed by atoms with van der Waals surface area (Å²) in [4.78, 5) is 11.6. The van der Waals surface area contributed by atoms with Crippen LogP contribution in [-0.2, 0) is 0 Å². The zero-order valence-corrected chi connectivity index (χ0v) is 10.6. The summed E-state index contributed by atoms with van der Waals surface area (Å²) < 4.78 is 18.4. The highest BCUT2D eigenvalue weighted by Crippen LogP contribution is 2.16. The topological polar surface area (TPSA) is 38.3 Å². The molecule has 3 nitrogen and oxygen atoms in total. The Hall–Kier alpha value is -1.29. The highest BCUT2D eigenvalue weighted by Gasteiger charge is 2.12. The van der Waals surface area contributed by atoms with E-state index in [0.29, 0.717) is 18.7 Å². The highest BCUT2D eigenvalue weighted by molar-refractivity contribution is 6.20. The number of benzene rings is 1. The number of nitrogens with one attached hydrogen (secondary N) is 1. The van der Waals surface area contributed by atoms with Gasteiger partial charge in [0.2, 0.25) is 0 Å². The van der Waals surface area contributed by atoms with Crippen molar-refractivity contribution < 1.29 is 13.9 Å². The van der Waals surface area contributed by atoms with E-state index in [1.54, 1.807) is 6.07 Å². The molecule has 0 fully saturated rings. The van der Waals surface area contributed by atoms with Gasteiger partial charge in [0.15, 0.2) is 0 Å². The Morgan fingerprint density at radius 1 is 1.59 bits per heavy atom. The average Bonchev–Trinajstić information content (AvgIpc) is 2.28. The molecular formula is C12H15ClFNO2. The first-order chi connectivity index (χ1) is 8.04. The lowest BCUT2D eigenvalue weighted by Gasteiger charge is -2.08. The molecule has 0 bridgehead atoms. The molecule has 0 aromatic heterocycles. The molecule has 0 aliphatic rings. The fourth-order valence-electron chi connectivity index (χ4n) is 1.29. The van der Waals surface area contributed by atoms with E-state index in [1.165, 1.54) is 19.2 Å². The van der Waals surface area contributed by atoms with Gasteiger partial charge >= 0.3 is 0 Å². The molecular weight excluding hydrogens is 245 g/mol. The molecule has 0 spiro atoms. The van der Waals surface area contributed by atoms with E-state index in [9.17, 15) is 9.18 Å². The number of methoxy groups -OCH3 is 1. The van der Waals surface area contributed by atoms with E-state index >= 15 is 0 Å². The molecule has 0 saturated heterocycles. The van der Waals surface area contributed by atoms with Gasteiger partial charge in [-0.05, 0) is 25.5 Å². The SMILES string of the molecule is COc1ccc(C(=O)NCCC(C)Cl)c(F)c1. The van der Waals surface area contributed by atoms with Crippen LogP contribution < -0.4 is 10.1 Å². The van der Waals surface area contributed by atoms with Gasteiger partial charge in [-0.3, -0.25) is 4.79 Å². The number of alkyl halides is 1. The van der Waals surface area contributed by atoms with Crippen molar-refractivity contribution in [3.63, 3.8) is 0 Å². The molecule has 5 heteroatoms. The summed E-state index contributed by atoms with van der Waals surface area (Å²) >= 11 is 5.74. The Labute approximate surface area is 105 Å². The van der Waals surface area contributed by atoms with Gasteiger partial charge in [-0.15, -0.1) is 11.6 Å². The number of carbonyl (C=O) groups excluding carboxylic acids is 1. The normalized spacial score (nSPS) is 12.0. The van der Waals surface area contributed by atoms with Crippen molar-refractivity contribution in [2.75, 3.05) is 13.7 Å². The van der Waals surface area contributed by atoms with Crippen molar-refractivity contribution in [1.29, 1.82) is 0 Å². The minimum atomic E-state index is -0.597. The summed E-state index contributed by atoms with van der Waals surface area (Å²) in [5.74, 6) is -0.656. The van der Waals surface area contributed by atoms with Crippen molar-refractivity contribution in [3.05, 3.63) is 29.6 Å². The number of rotatable bonds is 5. The van der Waals surface area contributed by atoms with E-state index < -0.39 is 11.7 Å². The van der Waals surface area contributed by atoms with Gasteiger partial charge in [-0.1, -0.05) is 0 Å². The lowest BCUT2D eigenvalue weighted by Crippen LogP contribution is -2.26. The van der Waals surface area contributed by atoms with Gasteiger partial charge in [-0.25, -0.2) is 4.39 Å². The lowest BCUT2D eigenvalue weighted by atomic mass is 10.2. The summed E-state index contributed by atoms with van der Waals surface area (Å²) in [6.45, 7) is 2.26. The van der Waals surface area contributed by atoms with Crippen LogP contribution in [0.1, 0.15) is 23.7 Å². The second kappa shape index (κ2) is 6.45. The van der Waals surface area contributed by atoms with Crippen LogP contribution in [0.3, 0.4) is 0 Å². The molecule has 1 amide bonds. The van der Waals surface area contributed by atoms with E-state index in [-0.39, 0.29) is 10.9 Å². The average molecular weight is 260 g/mol. The maximum absolute atomic E-state index is 13.5. The van der Waals surface area contributed by atoms with E-state index in [1.807, 2.05) is 6.92 Å². The van der Waals surface area contributed by atoms with Crippen LogP contribution in [-0.4, -0.2) is 24.9 Å². The van der Waals surface area contributed by atoms with Crippen LogP contribution in [0, 0.1) is 5.82 Å². The first-order valence-corrected chi connectivity index (χ1v) is 5.74. The Morgan fingerprint density at radius 2 is 2.29 bits per heavy atom. The molecule has 0 aliphatic carbocycles. The summed E-state index contributed by atoms with van der Waals surface area (Å²) in [6, 6.07) is 4.12. The second-order valence-corrected chi connectivity index (χ2v) is 4.42. The van der Waals surface area contributed by atoms with Crippen molar-refractivity contribution in [3.8, 4) is 5.75 Å². The third-order valence-electron chi connectivity index (χ3n) is 2.25. The molecule has 1 N–H and O–H groups in total. The second-order valence-electron chi connectivity index (χ2n) is 3.67. The standard InChI is InChI=1S/C12H15ClFNO2/c1-8(13)5-6-15-12(16)10-4-3-9(17-2)7-11(10)14/h3-4,7-8H,5-6H2,1-2H3,(H,15,16). The molecule has 1 rings (SSSR count). The molecule has 0 heterocycles. The number of carbonyl (C=O) groups is 1. The fourth-order valence-corrected chi connectivity index (χ4v) is 1.40. The molecule has 17 heavy (non-hydrogen) atoms. The number of hydrogen-bond donors (Lipinski definition) is 1. The first kappa shape index (κ1) is 13.8. The first-order valence-electron chi connectivity index (χ1n) is 5.30. The van der Waals surface area contributed by atoms with Crippen molar-refractivity contribution in [2.45, 2.75) is 18.7 Å². The Bertz CT molecular complexity index is 396. The number of ether oxygens (including phenoxy) is 1. The van der Waals surface area contributed by atoms with Gasteiger partial charge in [0.05, 0.1) is 12.7 Å². The Balaban J connectivity index is 2.63. The molecule has 1 unspecified atom stereocenters. The third-order valence-corrected chi connectivity index (χ3v) is 2.47. The fraction of sp³-hybridized carbons (Fsp3) is 0.417. The summed E-state index contributed by atoms with van der Waals surface area (Å²) in [7, 11) is 1.44. The zero-order valence-electron chi connectivity index (χ0n) is 9.80. The molecule has 1 aromatic carbocycles. The summed E-state index contributed by atoms with van der Waals surface area (Å²) in [6.07, 6.45) is 0.644. The maximum Gasteiger partial charge on any atom is 0.254 e. The van der Waals surface area contributed by atoms with Crippen LogP contribution in [0.4, 0.5) is 4.39 Å². The minimum Gasteiger partial charge on any atom is -0.497 e. The van der Waals surface area contributed by atoms with Crippen LogP contribution >= 0.6 is 11.6 Å². The predicted octanol–water partition coefficient (Wildman–Crippen LogP) is 2.58. The number of amides is 1. The van der Waals surface area contributed by atoms with E-state index in [4.69, 9.17) is 16.3 Å². The van der Waals surface area contributed by atoms with Crippen LogP contribution in [0.15, 0.2) is 18.2 Å². The number of halogens is 2. The van der Waals surface area contributed by atoms with Crippen LogP contribution in [0.2, 0.25) is 0 Å². The van der Waals surface area contributed by atoms with Crippen molar-refractivity contribution in [1.82, 2.24) is 5.32 Å². The van der Waals surface area contributed by atoms with Gasteiger partial charge < -0.3 is 10.1 Å². The van der Waals surface area contributed by atoms with Crippen molar-refractivity contribution in [2.24, 2.45) is 0 Å². The minimum absolute atomic E-state index is 0.00743. The number of hydrogen-bond acceptors (Lipinski definition) is 2. The molecule has 1 aromatic rings. The van der Waals surface area contributed by atoms with Crippen LogP contribution in [0.5, 0.6) is 5.75 Å². The molecule has 1 atom stereocenters. The van der Waals surface area contributed by atoms with Gasteiger partial charge in [-0.2, -0.15) is 0 Å². The molecule has 0 aliphatic heterocycles. The van der Waals surface area contributed by atoms with Crippen LogP contribution in [0.25, 0.3) is 0 Å². The maximum atomic E-state index is 13.5. The monoisotopic (exact) mass is 259 g/mol. The van der Waals surface area contributed by atoms with E-state index in [2.05, 4.69) is 5.32 Å². The molecule has 94 valence electrons. The zero-order chi connectivity index (χ0) is 12.8. The largest absolute Gasteiger partial charge is 0.497 e. The Kier molecular flexibility index (Phi) is 5.22. The van der Waals surface area contributed by atoms with Crippen molar-refractivity contribution >= 4 is 17.5 Å². The van der Waals surface area contributed by atoms with E-state index in [0.717, 1.165) is 0 Å². The quantitative estimate of drug-likeness (QED) is 0.826. The van der Waals surface area contributed by atoms with Gasteiger partial charge in [0, 0.05) is 18.0 Å². The summed E-state index contributed by atoms with van der Waals surface area (Å²) in [5, 5.41) is 2.59. The van der Waals surface area contributed by atoms with Gasteiger partial charge in [0.1, 0.15) is 11.6 Å².